The molecule has 0 atom stereocenters. The van der Waals surface area contributed by atoms with Crippen molar-refractivity contribution in [3.8, 4) is 5.75 Å². The fourth-order valence-corrected chi connectivity index (χ4v) is 2.91. The smallest absolute Gasteiger partial charge is 0.338 e. The summed E-state index contributed by atoms with van der Waals surface area (Å²) < 4.78 is 10.4. The second-order valence-electron chi connectivity index (χ2n) is 6.08. The Morgan fingerprint density at radius 2 is 1.92 bits per heavy atom. The van der Waals surface area contributed by atoms with Crippen LogP contribution in [0, 0.1) is 0 Å². The number of hydrogen-bond acceptors (Lipinski definition) is 5. The van der Waals surface area contributed by atoms with E-state index in [9.17, 15) is 14.4 Å². The fraction of sp³-hybridized carbons (Fsp3) is 0.389. The number of hydrogen-bond donors (Lipinski definition) is 2. The van der Waals surface area contributed by atoms with Crippen LogP contribution in [0.4, 0.5) is 4.79 Å². The van der Waals surface area contributed by atoms with Crippen molar-refractivity contribution >= 4 is 24.0 Å². The van der Waals surface area contributed by atoms with Gasteiger partial charge in [-0.3, -0.25) is 10.1 Å². The van der Waals surface area contributed by atoms with Crippen molar-refractivity contribution in [2.45, 2.75) is 31.7 Å². The predicted octanol–water partition coefficient (Wildman–Crippen LogP) is 1.77. The van der Waals surface area contributed by atoms with Crippen LogP contribution in [0.25, 0.3) is 6.08 Å². The van der Waals surface area contributed by atoms with Gasteiger partial charge in [0.2, 0.25) is 0 Å². The van der Waals surface area contributed by atoms with Gasteiger partial charge in [-0.05, 0) is 25.0 Å². The average Bonchev–Trinajstić information content (AvgIpc) is 3.12. The second kappa shape index (κ2) is 7.83. The molecule has 1 saturated carbocycles. The molecule has 25 heavy (non-hydrogen) atoms. The molecule has 0 spiro atoms. The molecule has 3 rings (SSSR count). The fourth-order valence-electron chi connectivity index (χ4n) is 2.91. The van der Waals surface area contributed by atoms with Gasteiger partial charge in [0.05, 0.1) is 5.57 Å². The summed E-state index contributed by atoms with van der Waals surface area (Å²) in [4.78, 5) is 35.4. The van der Waals surface area contributed by atoms with Crippen molar-refractivity contribution in [2.24, 2.45) is 0 Å². The Balaban J connectivity index is 1.45. The minimum Gasteiger partial charge on any atom is -0.488 e. The van der Waals surface area contributed by atoms with Gasteiger partial charge in [-0.15, -0.1) is 0 Å². The number of carbonyl (C=O) groups excluding carboxylic acids is 3. The molecule has 3 amide bonds. The van der Waals surface area contributed by atoms with Crippen LogP contribution in [0.3, 0.4) is 0 Å². The van der Waals surface area contributed by atoms with E-state index < -0.39 is 24.5 Å². The van der Waals surface area contributed by atoms with E-state index in [2.05, 4.69) is 10.6 Å². The minimum absolute atomic E-state index is 0.0830. The molecule has 0 radical (unpaired) electrons. The number of urea groups is 1. The van der Waals surface area contributed by atoms with Gasteiger partial charge in [0.25, 0.3) is 5.91 Å². The number of ether oxygens (including phenoxy) is 2. The zero-order valence-electron chi connectivity index (χ0n) is 13.7. The molecule has 2 N–H and O–H groups in total. The molecule has 1 aliphatic carbocycles. The first-order chi connectivity index (χ1) is 12.1. The number of para-hydroxylation sites is 1. The van der Waals surface area contributed by atoms with Crippen LogP contribution in [0.15, 0.2) is 29.8 Å². The maximum Gasteiger partial charge on any atom is 0.338 e. The lowest BCUT2D eigenvalue weighted by molar-refractivity contribution is -0.144. The second-order valence-corrected chi connectivity index (χ2v) is 6.08. The Bertz CT molecular complexity index is 707. The van der Waals surface area contributed by atoms with E-state index in [4.69, 9.17) is 9.47 Å². The number of imide groups is 1. The van der Waals surface area contributed by atoms with E-state index in [1.807, 2.05) is 24.3 Å². The van der Waals surface area contributed by atoms with Crippen LogP contribution >= 0.6 is 0 Å². The highest BCUT2D eigenvalue weighted by Gasteiger charge is 2.21. The summed E-state index contributed by atoms with van der Waals surface area (Å²) >= 11 is 0. The quantitative estimate of drug-likeness (QED) is 0.812. The summed E-state index contributed by atoms with van der Waals surface area (Å²) in [5.41, 5.74) is 1.10. The lowest BCUT2D eigenvalue weighted by Gasteiger charge is -2.17. The van der Waals surface area contributed by atoms with Crippen molar-refractivity contribution < 1.29 is 23.9 Å². The first-order valence-corrected chi connectivity index (χ1v) is 8.31. The third-order valence-electron chi connectivity index (χ3n) is 4.17. The first-order valence-electron chi connectivity index (χ1n) is 8.31. The monoisotopic (exact) mass is 344 g/mol. The number of nitrogens with one attached hydrogen (secondary N) is 2. The van der Waals surface area contributed by atoms with Gasteiger partial charge < -0.3 is 14.8 Å². The zero-order valence-corrected chi connectivity index (χ0v) is 13.7. The topological polar surface area (TPSA) is 93.7 Å². The van der Waals surface area contributed by atoms with Crippen molar-refractivity contribution in [1.29, 1.82) is 0 Å². The Kier molecular flexibility index (Phi) is 5.33. The van der Waals surface area contributed by atoms with Gasteiger partial charge >= 0.3 is 12.0 Å². The highest BCUT2D eigenvalue weighted by Crippen LogP contribution is 2.26. The van der Waals surface area contributed by atoms with Crippen LogP contribution in [-0.4, -0.2) is 37.2 Å². The van der Waals surface area contributed by atoms with E-state index >= 15 is 0 Å². The molecule has 1 heterocycles. The Hall–Kier alpha value is -2.83. The molecule has 0 aromatic heterocycles. The molecular formula is C18H20N2O5. The van der Waals surface area contributed by atoms with E-state index in [0.717, 1.165) is 31.2 Å². The van der Waals surface area contributed by atoms with Gasteiger partial charge in [-0.1, -0.05) is 31.0 Å². The van der Waals surface area contributed by atoms with Gasteiger partial charge in [-0.25, -0.2) is 9.59 Å². The summed E-state index contributed by atoms with van der Waals surface area (Å²) in [6.45, 7) is -0.435. The SMILES string of the molecule is O=C(COC(=O)C1=Cc2ccccc2OC1)NC(=O)NC1CCCC1. The standard InChI is InChI=1S/C18H20N2O5/c21-16(20-18(23)19-14-6-2-3-7-14)11-25-17(22)13-9-12-5-1-4-8-15(12)24-10-13/h1,4-5,8-9,14H,2-3,6-7,10-11H2,(H2,19,20,21,23). The maximum absolute atomic E-state index is 12.0. The molecule has 7 heteroatoms. The highest BCUT2D eigenvalue weighted by atomic mass is 16.5. The molecule has 0 unspecified atom stereocenters. The summed E-state index contributed by atoms with van der Waals surface area (Å²) in [7, 11) is 0. The molecule has 1 aliphatic heterocycles. The molecular weight excluding hydrogens is 324 g/mol. The molecule has 132 valence electrons. The number of carbonyl (C=O) groups is 3. The maximum atomic E-state index is 12.0. The summed E-state index contributed by atoms with van der Waals surface area (Å²) in [5.74, 6) is -0.609. The van der Waals surface area contributed by atoms with E-state index in [-0.39, 0.29) is 12.6 Å². The molecule has 1 aromatic carbocycles. The number of fused-ring (bicyclic) bond motifs is 1. The third kappa shape index (κ3) is 4.59. The Labute approximate surface area is 145 Å². The van der Waals surface area contributed by atoms with Crippen LogP contribution < -0.4 is 15.4 Å². The molecule has 1 aromatic rings. The van der Waals surface area contributed by atoms with Crippen molar-refractivity contribution in [3.05, 3.63) is 35.4 Å². The van der Waals surface area contributed by atoms with Crippen molar-refractivity contribution in [2.75, 3.05) is 13.2 Å². The van der Waals surface area contributed by atoms with Gasteiger partial charge in [0.1, 0.15) is 12.4 Å². The largest absolute Gasteiger partial charge is 0.488 e. The molecule has 1 fully saturated rings. The number of rotatable bonds is 4. The number of benzene rings is 1. The average molecular weight is 344 g/mol. The summed E-state index contributed by atoms with van der Waals surface area (Å²) in [5, 5.41) is 4.89. The van der Waals surface area contributed by atoms with Gasteiger partial charge in [0, 0.05) is 11.6 Å². The zero-order chi connectivity index (χ0) is 17.6. The van der Waals surface area contributed by atoms with Gasteiger partial charge in [0.15, 0.2) is 6.61 Å². The summed E-state index contributed by atoms with van der Waals surface area (Å²) in [6.07, 6.45) is 5.68. The van der Waals surface area contributed by atoms with Crippen LogP contribution in [0.5, 0.6) is 5.75 Å². The molecule has 0 bridgehead atoms. The third-order valence-corrected chi connectivity index (χ3v) is 4.17. The lowest BCUT2D eigenvalue weighted by Crippen LogP contribution is -2.45. The van der Waals surface area contributed by atoms with Crippen molar-refractivity contribution in [1.82, 2.24) is 10.6 Å². The number of amides is 3. The molecule has 2 aliphatic rings. The van der Waals surface area contributed by atoms with Crippen LogP contribution in [0.1, 0.15) is 31.2 Å². The number of esters is 1. The van der Waals surface area contributed by atoms with E-state index in [0.29, 0.717) is 11.3 Å². The Morgan fingerprint density at radius 1 is 1.16 bits per heavy atom. The lowest BCUT2D eigenvalue weighted by atomic mass is 10.1. The normalized spacial score (nSPS) is 16.2. The van der Waals surface area contributed by atoms with Crippen LogP contribution in [0.2, 0.25) is 0 Å². The molecule has 0 saturated heterocycles. The van der Waals surface area contributed by atoms with E-state index in [1.165, 1.54) is 0 Å². The van der Waals surface area contributed by atoms with E-state index in [1.54, 1.807) is 6.08 Å². The van der Waals surface area contributed by atoms with Crippen LogP contribution in [-0.2, 0) is 14.3 Å². The predicted molar refractivity (Wildman–Crippen MR) is 89.8 cm³/mol. The highest BCUT2D eigenvalue weighted by molar-refractivity contribution is 5.98. The molecule has 7 nitrogen and oxygen atoms in total. The first kappa shape index (κ1) is 17.0. The Morgan fingerprint density at radius 3 is 2.72 bits per heavy atom. The summed E-state index contributed by atoms with van der Waals surface area (Å²) in [6, 6.07) is 6.87. The van der Waals surface area contributed by atoms with Gasteiger partial charge in [-0.2, -0.15) is 0 Å². The minimum atomic E-state index is -0.665. The van der Waals surface area contributed by atoms with Crippen molar-refractivity contribution in [3.63, 3.8) is 0 Å².